The second-order valence-electron chi connectivity index (χ2n) is 5.78. The number of primary sulfonamides is 1. The third-order valence-corrected chi connectivity index (χ3v) is 5.08. The Hall–Kier alpha value is -3.37. The summed E-state index contributed by atoms with van der Waals surface area (Å²) in [6.45, 7) is 0. The number of carbonyl (C=O) groups excluding carboxylic acids is 2. The number of carbonyl (C=O) groups is 2. The molecule has 1 aliphatic heterocycles. The van der Waals surface area contributed by atoms with Crippen molar-refractivity contribution in [1.82, 2.24) is 0 Å². The Morgan fingerprint density at radius 1 is 0.929 bits per heavy atom. The summed E-state index contributed by atoms with van der Waals surface area (Å²) in [6, 6.07) is 9.33. The number of amides is 2. The summed E-state index contributed by atoms with van der Waals surface area (Å²) in [5.41, 5.74) is 0.142. The Balaban J connectivity index is 2.01. The molecule has 2 aromatic rings. The normalized spacial score (nSPS) is 14.6. The fourth-order valence-corrected chi connectivity index (χ4v) is 3.30. The van der Waals surface area contributed by atoms with Crippen molar-refractivity contribution >= 4 is 33.1 Å². The lowest BCUT2D eigenvalue weighted by atomic mass is 10.0. The number of imide groups is 1. The van der Waals surface area contributed by atoms with Crippen LogP contribution in [0.2, 0.25) is 0 Å². The molecule has 0 saturated heterocycles. The van der Waals surface area contributed by atoms with Crippen LogP contribution in [0.1, 0.15) is 5.56 Å². The molecule has 10 heteroatoms. The third kappa shape index (κ3) is 3.19. The molecule has 146 valence electrons. The van der Waals surface area contributed by atoms with Gasteiger partial charge in [0.25, 0.3) is 5.91 Å². The van der Waals surface area contributed by atoms with Crippen LogP contribution < -0.4 is 19.5 Å². The minimum absolute atomic E-state index is 0.0874. The summed E-state index contributed by atoms with van der Waals surface area (Å²) in [5.74, 6) is -1.70. The summed E-state index contributed by atoms with van der Waals surface area (Å²) in [7, 11) is -1.06. The average molecular weight is 404 g/mol. The van der Waals surface area contributed by atoms with Gasteiger partial charge in [-0.2, -0.15) is 0 Å². The molecule has 0 radical (unpaired) electrons. The van der Waals surface area contributed by atoms with E-state index in [4.69, 9.17) is 14.6 Å². The van der Waals surface area contributed by atoms with Gasteiger partial charge in [-0.15, -0.1) is 0 Å². The molecule has 28 heavy (non-hydrogen) atoms. The molecular formula is C18H16N2O7S. The first-order valence-corrected chi connectivity index (χ1v) is 9.41. The Morgan fingerprint density at radius 2 is 1.54 bits per heavy atom. The van der Waals surface area contributed by atoms with E-state index in [-0.39, 0.29) is 21.7 Å². The van der Waals surface area contributed by atoms with E-state index >= 15 is 0 Å². The fourth-order valence-electron chi connectivity index (χ4n) is 2.79. The predicted molar refractivity (Wildman–Crippen MR) is 99.4 cm³/mol. The molecule has 3 rings (SSSR count). The van der Waals surface area contributed by atoms with Crippen molar-refractivity contribution in [3.63, 3.8) is 0 Å². The van der Waals surface area contributed by atoms with E-state index in [2.05, 4.69) is 0 Å². The Kier molecular flexibility index (Phi) is 4.84. The van der Waals surface area contributed by atoms with Crippen molar-refractivity contribution < 1.29 is 32.6 Å². The van der Waals surface area contributed by atoms with E-state index in [0.29, 0.717) is 11.5 Å². The monoisotopic (exact) mass is 404 g/mol. The van der Waals surface area contributed by atoms with E-state index in [1.807, 2.05) is 0 Å². The molecule has 0 bridgehead atoms. The maximum atomic E-state index is 12.8. The number of sulfonamides is 1. The molecule has 0 unspecified atom stereocenters. The number of nitrogens with zero attached hydrogens (tertiary/aromatic N) is 1. The van der Waals surface area contributed by atoms with Crippen molar-refractivity contribution in [1.29, 1.82) is 0 Å². The number of nitrogens with two attached hydrogens (primary N) is 1. The van der Waals surface area contributed by atoms with Gasteiger partial charge in [0.1, 0.15) is 0 Å². The topological polar surface area (TPSA) is 136 Å². The Labute approximate surface area is 160 Å². The number of rotatable bonds is 5. The summed E-state index contributed by atoms with van der Waals surface area (Å²) in [5, 5.41) is 15.3. The van der Waals surface area contributed by atoms with Crippen LogP contribution in [0.15, 0.2) is 53.1 Å². The highest BCUT2D eigenvalue weighted by Crippen LogP contribution is 2.36. The zero-order chi connectivity index (χ0) is 20.6. The van der Waals surface area contributed by atoms with E-state index in [9.17, 15) is 23.1 Å². The molecule has 0 aromatic heterocycles. The number of anilines is 1. The highest BCUT2D eigenvalue weighted by molar-refractivity contribution is 7.89. The molecule has 0 spiro atoms. The molecule has 9 nitrogen and oxygen atoms in total. The maximum Gasteiger partial charge on any atom is 0.301 e. The molecule has 1 heterocycles. The molecule has 0 saturated carbocycles. The number of aliphatic hydroxyl groups excluding tert-OH is 1. The molecule has 0 aliphatic carbocycles. The van der Waals surface area contributed by atoms with Gasteiger partial charge in [-0.25, -0.2) is 18.5 Å². The first kappa shape index (κ1) is 19.4. The maximum absolute atomic E-state index is 12.8. The Bertz CT molecular complexity index is 1110. The molecule has 2 aromatic carbocycles. The van der Waals surface area contributed by atoms with Crippen LogP contribution in [-0.2, 0) is 19.6 Å². The number of ether oxygens (including phenoxy) is 2. The van der Waals surface area contributed by atoms with Gasteiger partial charge >= 0.3 is 5.91 Å². The molecule has 1 aliphatic rings. The number of hydrogen-bond donors (Lipinski definition) is 2. The molecule has 0 fully saturated rings. The summed E-state index contributed by atoms with van der Waals surface area (Å²) in [4.78, 5) is 25.9. The highest BCUT2D eigenvalue weighted by Gasteiger charge is 2.40. The third-order valence-electron chi connectivity index (χ3n) is 4.16. The van der Waals surface area contributed by atoms with Gasteiger partial charge in [-0.05, 0) is 42.0 Å². The lowest BCUT2D eigenvalue weighted by Crippen LogP contribution is -2.31. The number of aliphatic hydroxyl groups is 1. The van der Waals surface area contributed by atoms with Crippen molar-refractivity contribution in [2.45, 2.75) is 4.90 Å². The van der Waals surface area contributed by atoms with Gasteiger partial charge in [0.2, 0.25) is 10.0 Å². The lowest BCUT2D eigenvalue weighted by Gasteiger charge is -2.15. The van der Waals surface area contributed by atoms with Gasteiger partial charge in [0.15, 0.2) is 17.3 Å². The number of methoxy groups -OCH3 is 2. The van der Waals surface area contributed by atoms with Gasteiger partial charge in [-0.1, -0.05) is 6.07 Å². The van der Waals surface area contributed by atoms with Crippen LogP contribution >= 0.6 is 0 Å². The van der Waals surface area contributed by atoms with Crippen molar-refractivity contribution in [3.8, 4) is 11.5 Å². The van der Waals surface area contributed by atoms with Gasteiger partial charge < -0.3 is 14.6 Å². The zero-order valence-electron chi connectivity index (χ0n) is 14.9. The summed E-state index contributed by atoms with van der Waals surface area (Å²) in [6.07, 6.45) is 0. The summed E-state index contributed by atoms with van der Waals surface area (Å²) >= 11 is 0. The van der Waals surface area contributed by atoms with E-state index in [1.165, 1.54) is 44.6 Å². The van der Waals surface area contributed by atoms with Crippen molar-refractivity contribution in [2.24, 2.45) is 5.14 Å². The minimum atomic E-state index is -3.92. The van der Waals surface area contributed by atoms with Crippen LogP contribution in [0.5, 0.6) is 11.5 Å². The zero-order valence-corrected chi connectivity index (χ0v) is 15.7. The average Bonchev–Trinajstić information content (AvgIpc) is 2.89. The van der Waals surface area contributed by atoms with Crippen LogP contribution in [0.25, 0.3) is 5.57 Å². The largest absolute Gasteiger partial charge is 0.502 e. The van der Waals surface area contributed by atoms with E-state index in [1.54, 1.807) is 0 Å². The van der Waals surface area contributed by atoms with Crippen LogP contribution in [0, 0.1) is 0 Å². The van der Waals surface area contributed by atoms with Gasteiger partial charge in [0, 0.05) is 0 Å². The second kappa shape index (κ2) is 6.98. The van der Waals surface area contributed by atoms with Crippen LogP contribution in [-0.4, -0.2) is 39.6 Å². The molecule has 3 N–H and O–H groups in total. The number of benzene rings is 2. The van der Waals surface area contributed by atoms with Crippen molar-refractivity contribution in [3.05, 3.63) is 53.8 Å². The molecule has 2 amide bonds. The summed E-state index contributed by atoms with van der Waals surface area (Å²) < 4.78 is 33.0. The number of hydrogen-bond acceptors (Lipinski definition) is 7. The lowest BCUT2D eigenvalue weighted by molar-refractivity contribution is -0.121. The highest BCUT2D eigenvalue weighted by atomic mass is 32.2. The van der Waals surface area contributed by atoms with Gasteiger partial charge in [-0.3, -0.25) is 9.59 Å². The Morgan fingerprint density at radius 3 is 2.07 bits per heavy atom. The van der Waals surface area contributed by atoms with E-state index in [0.717, 1.165) is 17.0 Å². The molecule has 0 atom stereocenters. The minimum Gasteiger partial charge on any atom is -0.502 e. The first-order chi connectivity index (χ1) is 13.2. The van der Waals surface area contributed by atoms with Gasteiger partial charge in [0.05, 0.1) is 30.4 Å². The van der Waals surface area contributed by atoms with E-state index < -0.39 is 27.6 Å². The standard InChI is InChI=1S/C18H16N2O7S/c1-26-13-8-3-10(9-14(13)27-2)15-16(21)18(23)20(17(15)22)11-4-6-12(7-5-11)28(19,24)25/h3-9,21H,1-2H3,(H2,19,24,25). The quantitative estimate of drug-likeness (QED) is 0.714. The molecular weight excluding hydrogens is 388 g/mol. The van der Waals surface area contributed by atoms with Crippen LogP contribution in [0.4, 0.5) is 5.69 Å². The predicted octanol–water partition coefficient (Wildman–Crippen LogP) is 1.19. The second-order valence-corrected chi connectivity index (χ2v) is 7.34. The first-order valence-electron chi connectivity index (χ1n) is 7.86. The SMILES string of the molecule is COc1ccc(C2=C(O)C(=O)N(c3ccc(S(N)(=O)=O)cc3)C2=O)cc1OC. The fraction of sp³-hybridized carbons (Fsp3) is 0.111. The van der Waals surface area contributed by atoms with Crippen molar-refractivity contribution in [2.75, 3.05) is 19.1 Å². The van der Waals surface area contributed by atoms with Crippen LogP contribution in [0.3, 0.4) is 0 Å². The smallest absolute Gasteiger partial charge is 0.301 e.